The van der Waals surface area contributed by atoms with Crippen molar-refractivity contribution in [2.75, 3.05) is 19.8 Å². The topological polar surface area (TPSA) is 21.3 Å². The molecule has 0 aromatic heterocycles. The van der Waals surface area contributed by atoms with Gasteiger partial charge >= 0.3 is 0 Å². The highest BCUT2D eigenvalue weighted by atomic mass is 19.1. The van der Waals surface area contributed by atoms with Crippen molar-refractivity contribution < 1.29 is 9.13 Å². The van der Waals surface area contributed by atoms with Gasteiger partial charge < -0.3 is 10.1 Å². The molecule has 0 spiro atoms. The van der Waals surface area contributed by atoms with Crippen molar-refractivity contribution in [2.24, 2.45) is 0 Å². The lowest BCUT2D eigenvalue weighted by atomic mass is 10.2. The van der Waals surface area contributed by atoms with Crippen LogP contribution in [0, 0.1) is 5.82 Å². The van der Waals surface area contributed by atoms with Crippen LogP contribution in [0.2, 0.25) is 0 Å². The predicted octanol–water partition coefficient (Wildman–Crippen LogP) is 2.51. The summed E-state index contributed by atoms with van der Waals surface area (Å²) in [6, 6.07) is 6.77. The third-order valence-electron chi connectivity index (χ3n) is 2.16. The van der Waals surface area contributed by atoms with Gasteiger partial charge in [-0.3, -0.25) is 0 Å². The molecule has 0 aliphatic heterocycles. The van der Waals surface area contributed by atoms with Crippen molar-refractivity contribution in [1.29, 1.82) is 0 Å². The molecule has 0 bridgehead atoms. The molecule has 88 valence electrons. The normalized spacial score (nSPS) is 10.3. The SMILES string of the molecule is C=CCCOCCNCc1ccccc1F. The van der Waals surface area contributed by atoms with Gasteiger partial charge in [0.05, 0.1) is 13.2 Å². The minimum absolute atomic E-state index is 0.164. The highest BCUT2D eigenvalue weighted by Gasteiger charge is 1.98. The van der Waals surface area contributed by atoms with Crippen molar-refractivity contribution in [2.45, 2.75) is 13.0 Å². The minimum atomic E-state index is -0.164. The summed E-state index contributed by atoms with van der Waals surface area (Å²) in [5, 5.41) is 3.13. The maximum atomic E-state index is 13.2. The first-order valence-corrected chi connectivity index (χ1v) is 5.47. The van der Waals surface area contributed by atoms with Crippen molar-refractivity contribution in [3.05, 3.63) is 48.3 Å². The van der Waals surface area contributed by atoms with Gasteiger partial charge in [0.15, 0.2) is 0 Å². The predicted molar refractivity (Wildman–Crippen MR) is 63.7 cm³/mol. The largest absolute Gasteiger partial charge is 0.380 e. The number of halogens is 1. The Morgan fingerprint density at radius 3 is 2.88 bits per heavy atom. The number of benzene rings is 1. The highest BCUT2D eigenvalue weighted by molar-refractivity contribution is 5.16. The lowest BCUT2D eigenvalue weighted by Crippen LogP contribution is -2.20. The van der Waals surface area contributed by atoms with Crippen LogP contribution in [0.4, 0.5) is 4.39 Å². The van der Waals surface area contributed by atoms with Crippen LogP contribution in [-0.2, 0) is 11.3 Å². The molecule has 0 heterocycles. The monoisotopic (exact) mass is 223 g/mol. The second kappa shape index (κ2) is 8.02. The van der Waals surface area contributed by atoms with E-state index in [-0.39, 0.29) is 5.82 Å². The zero-order chi connectivity index (χ0) is 11.6. The molecule has 0 aliphatic carbocycles. The van der Waals surface area contributed by atoms with E-state index in [1.807, 2.05) is 12.1 Å². The first kappa shape index (κ1) is 12.9. The van der Waals surface area contributed by atoms with Crippen molar-refractivity contribution >= 4 is 0 Å². The van der Waals surface area contributed by atoms with E-state index in [0.717, 1.165) is 13.0 Å². The van der Waals surface area contributed by atoms with E-state index in [0.29, 0.717) is 25.3 Å². The van der Waals surface area contributed by atoms with Gasteiger partial charge in [-0.2, -0.15) is 0 Å². The van der Waals surface area contributed by atoms with Crippen LogP contribution in [0.5, 0.6) is 0 Å². The Labute approximate surface area is 96.1 Å². The van der Waals surface area contributed by atoms with E-state index in [9.17, 15) is 4.39 Å². The molecular formula is C13H18FNO. The molecule has 0 saturated carbocycles. The summed E-state index contributed by atoms with van der Waals surface area (Å²) in [5.74, 6) is -0.164. The van der Waals surface area contributed by atoms with Crippen LogP contribution < -0.4 is 5.32 Å². The number of hydrogen-bond acceptors (Lipinski definition) is 2. The van der Waals surface area contributed by atoms with E-state index < -0.39 is 0 Å². The van der Waals surface area contributed by atoms with Crippen LogP contribution in [-0.4, -0.2) is 19.8 Å². The zero-order valence-corrected chi connectivity index (χ0v) is 9.42. The number of nitrogens with one attached hydrogen (secondary N) is 1. The summed E-state index contributed by atoms with van der Waals surface area (Å²) < 4.78 is 18.5. The third kappa shape index (κ3) is 5.05. The quantitative estimate of drug-likeness (QED) is 0.540. The smallest absolute Gasteiger partial charge is 0.127 e. The van der Waals surface area contributed by atoms with Crippen molar-refractivity contribution in [3.8, 4) is 0 Å². The molecule has 0 saturated heterocycles. The summed E-state index contributed by atoms with van der Waals surface area (Å²) >= 11 is 0. The molecule has 1 rings (SSSR count). The molecule has 0 fully saturated rings. The molecule has 2 nitrogen and oxygen atoms in total. The number of rotatable bonds is 8. The molecule has 0 aliphatic rings. The number of hydrogen-bond donors (Lipinski definition) is 1. The molecule has 0 atom stereocenters. The summed E-state index contributed by atoms with van der Waals surface area (Å²) in [6.07, 6.45) is 2.69. The van der Waals surface area contributed by atoms with E-state index >= 15 is 0 Å². The standard InChI is InChI=1S/C13H18FNO/c1-2-3-9-16-10-8-15-11-12-6-4-5-7-13(12)14/h2,4-7,15H,1,3,8-11H2. The van der Waals surface area contributed by atoms with Gasteiger partial charge in [0.2, 0.25) is 0 Å². The molecule has 0 unspecified atom stereocenters. The van der Waals surface area contributed by atoms with Crippen molar-refractivity contribution in [1.82, 2.24) is 5.32 Å². The zero-order valence-electron chi connectivity index (χ0n) is 9.42. The first-order valence-electron chi connectivity index (χ1n) is 5.47. The second-order valence-corrected chi connectivity index (χ2v) is 3.46. The molecule has 3 heteroatoms. The van der Waals surface area contributed by atoms with Gasteiger partial charge in [0.25, 0.3) is 0 Å². The minimum Gasteiger partial charge on any atom is -0.380 e. The van der Waals surface area contributed by atoms with Crippen molar-refractivity contribution in [3.63, 3.8) is 0 Å². The van der Waals surface area contributed by atoms with E-state index in [1.54, 1.807) is 12.1 Å². The Hall–Kier alpha value is -1.19. The maximum Gasteiger partial charge on any atom is 0.127 e. The summed E-state index contributed by atoms with van der Waals surface area (Å²) in [6.45, 7) is 6.21. The Bertz CT molecular complexity index is 315. The summed E-state index contributed by atoms with van der Waals surface area (Å²) in [5.41, 5.74) is 0.689. The fourth-order valence-electron chi connectivity index (χ4n) is 1.28. The Morgan fingerprint density at radius 2 is 2.12 bits per heavy atom. The summed E-state index contributed by atoms with van der Waals surface area (Å²) in [4.78, 5) is 0. The van der Waals surface area contributed by atoms with Gasteiger partial charge in [-0.1, -0.05) is 24.3 Å². The fraction of sp³-hybridized carbons (Fsp3) is 0.385. The second-order valence-electron chi connectivity index (χ2n) is 3.46. The van der Waals surface area contributed by atoms with E-state index in [2.05, 4.69) is 11.9 Å². The van der Waals surface area contributed by atoms with Crippen LogP contribution in [0.25, 0.3) is 0 Å². The van der Waals surface area contributed by atoms with E-state index in [4.69, 9.17) is 4.74 Å². The molecule has 1 aromatic rings. The van der Waals surface area contributed by atoms with Crippen LogP contribution >= 0.6 is 0 Å². The highest BCUT2D eigenvalue weighted by Crippen LogP contribution is 2.04. The Kier molecular flexibility index (Phi) is 6.45. The summed E-state index contributed by atoms with van der Waals surface area (Å²) in [7, 11) is 0. The molecule has 1 N–H and O–H groups in total. The van der Waals surface area contributed by atoms with Gasteiger partial charge in [-0.15, -0.1) is 6.58 Å². The number of ether oxygens (including phenoxy) is 1. The third-order valence-corrected chi connectivity index (χ3v) is 2.16. The molecule has 0 radical (unpaired) electrons. The van der Waals surface area contributed by atoms with Crippen LogP contribution in [0.15, 0.2) is 36.9 Å². The average molecular weight is 223 g/mol. The first-order chi connectivity index (χ1) is 7.84. The van der Waals surface area contributed by atoms with E-state index in [1.165, 1.54) is 6.07 Å². The van der Waals surface area contributed by atoms with Crippen LogP contribution in [0.1, 0.15) is 12.0 Å². The van der Waals surface area contributed by atoms with Gasteiger partial charge in [0, 0.05) is 18.7 Å². The lowest BCUT2D eigenvalue weighted by Gasteiger charge is -2.06. The fourth-order valence-corrected chi connectivity index (χ4v) is 1.28. The molecule has 1 aromatic carbocycles. The average Bonchev–Trinajstić information content (AvgIpc) is 2.30. The molecule has 16 heavy (non-hydrogen) atoms. The van der Waals surface area contributed by atoms with Gasteiger partial charge in [-0.25, -0.2) is 4.39 Å². The Balaban J connectivity index is 2.07. The lowest BCUT2D eigenvalue weighted by molar-refractivity contribution is 0.140. The van der Waals surface area contributed by atoms with Crippen LogP contribution in [0.3, 0.4) is 0 Å². The van der Waals surface area contributed by atoms with Gasteiger partial charge in [-0.05, 0) is 12.5 Å². The molecular weight excluding hydrogens is 205 g/mol. The maximum absolute atomic E-state index is 13.2. The Morgan fingerprint density at radius 1 is 1.31 bits per heavy atom. The van der Waals surface area contributed by atoms with Gasteiger partial charge in [0.1, 0.15) is 5.82 Å². The molecule has 0 amide bonds.